The maximum Gasteiger partial charge on any atom is 0.311 e. The van der Waals surface area contributed by atoms with E-state index < -0.39 is 5.92 Å². The quantitative estimate of drug-likeness (QED) is 0.536. The molecule has 0 bridgehead atoms. The minimum atomic E-state index is -0.400. The number of esters is 1. The molecule has 1 aromatic heterocycles. The lowest BCUT2D eigenvalue weighted by atomic mass is 10.1. The summed E-state index contributed by atoms with van der Waals surface area (Å²) in [6.45, 7) is 3.23. The molecule has 1 amide bonds. The third kappa shape index (κ3) is 4.94. The van der Waals surface area contributed by atoms with Gasteiger partial charge in [0, 0.05) is 30.5 Å². The number of likely N-dealkylation sites (tertiary alicyclic amines) is 1. The van der Waals surface area contributed by atoms with Crippen molar-refractivity contribution in [1.29, 1.82) is 0 Å². The summed E-state index contributed by atoms with van der Waals surface area (Å²) in [4.78, 5) is 31.1. The molecule has 4 rings (SSSR count). The van der Waals surface area contributed by atoms with Gasteiger partial charge in [-0.2, -0.15) is 0 Å². The molecule has 154 valence electrons. The summed E-state index contributed by atoms with van der Waals surface area (Å²) in [7, 11) is 0. The first-order valence-electron chi connectivity index (χ1n) is 10.1. The van der Waals surface area contributed by atoms with Crippen LogP contribution < -0.4 is 0 Å². The predicted molar refractivity (Wildman–Crippen MR) is 117 cm³/mol. The van der Waals surface area contributed by atoms with Crippen LogP contribution in [0, 0.1) is 12.8 Å². The van der Waals surface area contributed by atoms with Gasteiger partial charge in [-0.15, -0.1) is 11.3 Å². The first-order valence-corrected chi connectivity index (χ1v) is 11.0. The molecule has 0 unspecified atom stereocenters. The molecule has 0 N–H and O–H groups in total. The van der Waals surface area contributed by atoms with E-state index >= 15 is 0 Å². The van der Waals surface area contributed by atoms with Crippen molar-refractivity contribution in [3.05, 3.63) is 76.8 Å². The van der Waals surface area contributed by atoms with Gasteiger partial charge >= 0.3 is 5.97 Å². The number of thiazole rings is 1. The van der Waals surface area contributed by atoms with Crippen molar-refractivity contribution < 1.29 is 14.3 Å². The zero-order valence-corrected chi connectivity index (χ0v) is 17.7. The second-order valence-corrected chi connectivity index (χ2v) is 8.45. The highest BCUT2D eigenvalue weighted by Gasteiger charge is 2.35. The Hall–Kier alpha value is -2.99. The van der Waals surface area contributed by atoms with E-state index in [1.807, 2.05) is 54.8 Å². The summed E-state index contributed by atoms with van der Waals surface area (Å²) in [5, 5.41) is 2.82. The number of nitrogens with zero attached hydrogens (tertiary/aromatic N) is 2. The fraction of sp³-hybridized carbons (Fsp3) is 0.292. The van der Waals surface area contributed by atoms with E-state index in [2.05, 4.69) is 17.1 Å². The number of hydrogen-bond acceptors (Lipinski definition) is 5. The summed E-state index contributed by atoms with van der Waals surface area (Å²) in [5.74, 6) is -0.706. The normalized spacial score (nSPS) is 16.1. The lowest BCUT2D eigenvalue weighted by Crippen LogP contribution is -2.28. The lowest BCUT2D eigenvalue weighted by Gasteiger charge is -2.16. The highest BCUT2D eigenvalue weighted by Crippen LogP contribution is 2.25. The lowest BCUT2D eigenvalue weighted by molar-refractivity contribution is -0.149. The molecule has 2 heterocycles. The SMILES string of the molecule is Cc1ccc(-c2nc(COC(=O)[C@H]3CC(=O)N(CCc4ccccc4)C3)cs2)cc1. The number of ether oxygens (including phenoxy) is 1. The monoisotopic (exact) mass is 420 g/mol. The number of carbonyl (C=O) groups is 2. The number of aromatic nitrogens is 1. The number of benzene rings is 2. The maximum absolute atomic E-state index is 12.5. The second kappa shape index (κ2) is 9.22. The van der Waals surface area contributed by atoms with E-state index in [0.717, 1.165) is 22.7 Å². The van der Waals surface area contributed by atoms with E-state index in [0.29, 0.717) is 13.1 Å². The second-order valence-electron chi connectivity index (χ2n) is 7.59. The van der Waals surface area contributed by atoms with Crippen molar-refractivity contribution in [2.45, 2.75) is 26.4 Å². The number of hydrogen-bond donors (Lipinski definition) is 0. The molecule has 6 heteroatoms. The Kier molecular flexibility index (Phi) is 6.23. The predicted octanol–water partition coefficient (Wildman–Crippen LogP) is 4.25. The summed E-state index contributed by atoms with van der Waals surface area (Å²) in [6.07, 6.45) is 1.01. The van der Waals surface area contributed by atoms with Gasteiger partial charge in [0.05, 0.1) is 11.6 Å². The minimum absolute atomic E-state index is 0.0168. The average molecular weight is 421 g/mol. The van der Waals surface area contributed by atoms with Gasteiger partial charge in [0.1, 0.15) is 11.6 Å². The number of aryl methyl sites for hydroxylation is 1. The van der Waals surface area contributed by atoms with E-state index in [-0.39, 0.29) is 24.9 Å². The molecule has 0 saturated carbocycles. The van der Waals surface area contributed by atoms with Crippen molar-refractivity contribution >= 4 is 23.2 Å². The van der Waals surface area contributed by atoms with Crippen LogP contribution in [0.2, 0.25) is 0 Å². The largest absolute Gasteiger partial charge is 0.459 e. The van der Waals surface area contributed by atoms with Crippen LogP contribution in [0.4, 0.5) is 0 Å². The topological polar surface area (TPSA) is 59.5 Å². The molecule has 2 aromatic carbocycles. The Bertz CT molecular complexity index is 1010. The number of carbonyl (C=O) groups excluding carboxylic acids is 2. The number of rotatable bonds is 7. The van der Waals surface area contributed by atoms with Crippen LogP contribution in [0.25, 0.3) is 10.6 Å². The Labute approximate surface area is 180 Å². The van der Waals surface area contributed by atoms with Crippen molar-refractivity contribution in [3.63, 3.8) is 0 Å². The Morgan fingerprint density at radius 3 is 2.70 bits per heavy atom. The molecule has 3 aromatic rings. The van der Waals surface area contributed by atoms with Gasteiger partial charge in [0.15, 0.2) is 0 Å². The van der Waals surface area contributed by atoms with Gasteiger partial charge in [-0.1, -0.05) is 60.2 Å². The fourth-order valence-electron chi connectivity index (χ4n) is 3.52. The van der Waals surface area contributed by atoms with Crippen molar-refractivity contribution in [3.8, 4) is 10.6 Å². The molecular weight excluding hydrogens is 396 g/mol. The molecule has 1 aliphatic heterocycles. The minimum Gasteiger partial charge on any atom is -0.459 e. The van der Waals surface area contributed by atoms with Crippen molar-refractivity contribution in [2.75, 3.05) is 13.1 Å². The molecule has 1 saturated heterocycles. The summed E-state index contributed by atoms with van der Waals surface area (Å²) in [5.41, 5.74) is 4.17. The molecule has 1 atom stereocenters. The Balaban J connectivity index is 1.27. The van der Waals surface area contributed by atoms with Gasteiger partial charge in [0.2, 0.25) is 5.91 Å². The van der Waals surface area contributed by atoms with E-state index in [9.17, 15) is 9.59 Å². The highest BCUT2D eigenvalue weighted by atomic mass is 32.1. The summed E-state index contributed by atoms with van der Waals surface area (Å²) in [6, 6.07) is 18.2. The summed E-state index contributed by atoms with van der Waals surface area (Å²) < 4.78 is 5.47. The zero-order valence-electron chi connectivity index (χ0n) is 16.9. The van der Waals surface area contributed by atoms with E-state index in [1.165, 1.54) is 22.5 Å². The van der Waals surface area contributed by atoms with Crippen molar-refractivity contribution in [2.24, 2.45) is 5.92 Å². The van der Waals surface area contributed by atoms with E-state index in [4.69, 9.17) is 4.74 Å². The first kappa shape index (κ1) is 20.3. The molecule has 0 radical (unpaired) electrons. The van der Waals surface area contributed by atoms with Gasteiger partial charge in [-0.05, 0) is 18.9 Å². The molecule has 0 spiro atoms. The average Bonchev–Trinajstić information content (AvgIpc) is 3.38. The van der Waals surface area contributed by atoms with Crippen LogP contribution in [0.15, 0.2) is 60.0 Å². The van der Waals surface area contributed by atoms with Gasteiger partial charge in [0.25, 0.3) is 0 Å². The van der Waals surface area contributed by atoms with Gasteiger partial charge < -0.3 is 9.64 Å². The maximum atomic E-state index is 12.5. The van der Waals surface area contributed by atoms with Crippen molar-refractivity contribution in [1.82, 2.24) is 9.88 Å². The van der Waals surface area contributed by atoms with E-state index in [1.54, 1.807) is 4.90 Å². The highest BCUT2D eigenvalue weighted by molar-refractivity contribution is 7.13. The molecule has 30 heavy (non-hydrogen) atoms. The molecule has 0 aliphatic carbocycles. The third-order valence-corrected chi connectivity index (χ3v) is 6.21. The molecule has 1 aliphatic rings. The molecule has 5 nitrogen and oxygen atoms in total. The van der Waals surface area contributed by atoms with Crippen LogP contribution in [0.3, 0.4) is 0 Å². The Morgan fingerprint density at radius 2 is 1.93 bits per heavy atom. The van der Waals surface area contributed by atoms with Crippen LogP contribution >= 0.6 is 11.3 Å². The zero-order chi connectivity index (χ0) is 20.9. The summed E-state index contributed by atoms with van der Waals surface area (Å²) >= 11 is 1.53. The Morgan fingerprint density at radius 1 is 1.17 bits per heavy atom. The molecule has 1 fully saturated rings. The van der Waals surface area contributed by atoms with Gasteiger partial charge in [-0.3, -0.25) is 9.59 Å². The van der Waals surface area contributed by atoms with Crippen LogP contribution in [0.1, 0.15) is 23.2 Å². The van der Waals surface area contributed by atoms with Gasteiger partial charge in [-0.25, -0.2) is 4.98 Å². The molecular formula is C24H24N2O3S. The van der Waals surface area contributed by atoms with Crippen LogP contribution in [-0.2, 0) is 27.4 Å². The van der Waals surface area contributed by atoms with Crippen LogP contribution in [-0.4, -0.2) is 34.8 Å². The third-order valence-electron chi connectivity index (χ3n) is 5.27. The standard InChI is InChI=1S/C24H24N2O3S/c1-17-7-9-19(10-8-17)23-25-21(16-30-23)15-29-24(28)20-13-22(27)26(14-20)12-11-18-5-3-2-4-6-18/h2-10,16,20H,11-15H2,1H3/t20-/m0/s1. The fourth-order valence-corrected chi connectivity index (χ4v) is 4.33. The smallest absolute Gasteiger partial charge is 0.311 e. The first-order chi connectivity index (χ1) is 14.6. The number of amides is 1. The van der Waals surface area contributed by atoms with Crippen LogP contribution in [0.5, 0.6) is 0 Å².